The van der Waals surface area contributed by atoms with E-state index in [1.54, 1.807) is 7.11 Å². The largest absolute Gasteiger partial charge is 0.496 e. The Balaban J connectivity index is 1.81. The molecule has 1 saturated carbocycles. The normalized spacial score (nSPS) is 19.9. The van der Waals surface area contributed by atoms with Crippen molar-refractivity contribution in [3.05, 3.63) is 75.8 Å². The molecule has 2 aliphatic rings. The van der Waals surface area contributed by atoms with Crippen molar-refractivity contribution in [3.8, 4) is 5.75 Å². The summed E-state index contributed by atoms with van der Waals surface area (Å²) in [4.78, 5) is 13.5. The van der Waals surface area contributed by atoms with E-state index in [4.69, 9.17) is 4.74 Å². The number of hydrogen-bond donors (Lipinski definition) is 1. The molecule has 3 aromatic rings. The number of ether oxygens (including phenoxy) is 1. The Morgan fingerprint density at radius 1 is 1.10 bits per heavy atom. The zero-order valence-corrected chi connectivity index (χ0v) is 19.0. The van der Waals surface area contributed by atoms with Crippen molar-refractivity contribution in [1.29, 1.82) is 0 Å². The maximum Gasteiger partial charge on any atom is 0.162 e. The number of carbonyl (C=O) groups is 1. The topological polar surface area (TPSA) is 38.3 Å². The molecule has 0 spiro atoms. The van der Waals surface area contributed by atoms with E-state index in [0.29, 0.717) is 6.42 Å². The fourth-order valence-electron chi connectivity index (χ4n) is 5.08. The second-order valence-electron chi connectivity index (χ2n) is 9.03. The smallest absolute Gasteiger partial charge is 0.162 e. The van der Waals surface area contributed by atoms with Gasteiger partial charge in [0.1, 0.15) is 5.75 Å². The lowest BCUT2D eigenvalue weighted by atomic mass is 9.64. The minimum atomic E-state index is -0.0384. The molecule has 0 amide bonds. The van der Waals surface area contributed by atoms with Gasteiger partial charge in [-0.3, -0.25) is 4.79 Å². The molecular formula is C26H24BrNO2. The van der Waals surface area contributed by atoms with Crippen molar-refractivity contribution in [1.82, 2.24) is 0 Å². The van der Waals surface area contributed by atoms with Crippen LogP contribution in [0.4, 0.5) is 5.69 Å². The minimum absolute atomic E-state index is 0.0384. The molecule has 1 heterocycles. The summed E-state index contributed by atoms with van der Waals surface area (Å²) in [6.45, 7) is 4.40. The van der Waals surface area contributed by atoms with E-state index in [9.17, 15) is 4.79 Å². The molecule has 1 N–H and O–H groups in total. The van der Waals surface area contributed by atoms with E-state index in [1.165, 1.54) is 16.3 Å². The molecule has 5 rings (SSSR count). The number of halogens is 1. The third kappa shape index (κ3) is 3.05. The molecule has 152 valence electrons. The summed E-state index contributed by atoms with van der Waals surface area (Å²) in [5, 5.41) is 6.05. The van der Waals surface area contributed by atoms with Crippen LogP contribution in [0.2, 0.25) is 0 Å². The first-order chi connectivity index (χ1) is 14.4. The van der Waals surface area contributed by atoms with E-state index in [0.717, 1.165) is 39.2 Å². The highest BCUT2D eigenvalue weighted by molar-refractivity contribution is 9.10. The highest BCUT2D eigenvalue weighted by atomic mass is 79.9. The molecular weight excluding hydrogens is 438 g/mol. The van der Waals surface area contributed by atoms with Gasteiger partial charge in [-0.05, 0) is 52.4 Å². The Labute approximate surface area is 185 Å². The highest BCUT2D eigenvalue weighted by Crippen LogP contribution is 2.53. The molecule has 4 heteroatoms. The second kappa shape index (κ2) is 6.98. The summed E-state index contributed by atoms with van der Waals surface area (Å²) in [6.07, 6.45) is 1.50. The number of allylic oxidation sites excluding steroid dienone is 1. The zero-order chi connectivity index (χ0) is 21.0. The van der Waals surface area contributed by atoms with Gasteiger partial charge in [-0.2, -0.15) is 0 Å². The first kappa shape index (κ1) is 19.4. The number of rotatable bonds is 2. The number of ketones is 1. The number of anilines is 1. The van der Waals surface area contributed by atoms with Crippen LogP contribution in [0.15, 0.2) is 64.6 Å². The van der Waals surface area contributed by atoms with Crippen molar-refractivity contribution in [2.24, 2.45) is 5.41 Å². The maximum atomic E-state index is 13.5. The summed E-state index contributed by atoms with van der Waals surface area (Å²) in [5.41, 5.74) is 4.95. The summed E-state index contributed by atoms with van der Waals surface area (Å²) in [6, 6.07) is 18.7. The molecule has 3 aromatic carbocycles. The Hall–Kier alpha value is -2.59. The van der Waals surface area contributed by atoms with Gasteiger partial charge in [0, 0.05) is 33.6 Å². The number of carbonyl (C=O) groups excluding carboxylic acids is 1. The Morgan fingerprint density at radius 2 is 1.90 bits per heavy atom. The molecule has 1 aliphatic carbocycles. The average molecular weight is 462 g/mol. The van der Waals surface area contributed by atoms with Gasteiger partial charge >= 0.3 is 0 Å². The maximum absolute atomic E-state index is 13.5. The Morgan fingerprint density at radius 3 is 2.70 bits per heavy atom. The lowest BCUT2D eigenvalue weighted by Gasteiger charge is -2.41. The van der Waals surface area contributed by atoms with E-state index in [1.807, 2.05) is 18.2 Å². The van der Waals surface area contributed by atoms with Crippen LogP contribution in [0.3, 0.4) is 0 Å². The lowest BCUT2D eigenvalue weighted by molar-refractivity contribution is -0.119. The molecule has 0 aromatic heterocycles. The third-order valence-electron chi connectivity index (χ3n) is 6.32. The van der Waals surface area contributed by atoms with E-state index in [-0.39, 0.29) is 17.1 Å². The van der Waals surface area contributed by atoms with E-state index >= 15 is 0 Å². The molecule has 30 heavy (non-hydrogen) atoms. The predicted octanol–water partition coefficient (Wildman–Crippen LogP) is 6.92. The van der Waals surface area contributed by atoms with Crippen molar-refractivity contribution in [3.63, 3.8) is 0 Å². The molecule has 1 unspecified atom stereocenters. The number of Topliss-reactive ketones (excluding diaryl/α,β-unsaturated/α-hetero) is 1. The second-order valence-corrected chi connectivity index (χ2v) is 9.94. The van der Waals surface area contributed by atoms with E-state index in [2.05, 4.69) is 71.5 Å². The molecule has 3 nitrogen and oxygen atoms in total. The number of hydrogen-bond acceptors (Lipinski definition) is 3. The van der Waals surface area contributed by atoms with Crippen LogP contribution in [-0.4, -0.2) is 12.9 Å². The van der Waals surface area contributed by atoms with Crippen LogP contribution in [0, 0.1) is 5.41 Å². The number of methoxy groups -OCH3 is 1. The summed E-state index contributed by atoms with van der Waals surface area (Å²) < 4.78 is 6.62. The number of fused-ring (bicyclic) bond motifs is 5. The van der Waals surface area contributed by atoms with Crippen LogP contribution in [0.5, 0.6) is 5.75 Å². The van der Waals surface area contributed by atoms with Gasteiger partial charge in [0.2, 0.25) is 0 Å². The Kier molecular flexibility index (Phi) is 4.51. The SMILES string of the molecule is COc1ccc(Br)cc1C1=C2C(=O)CC(C)(C)CC2c2c(ccc3ccccc23)N1. The minimum Gasteiger partial charge on any atom is -0.496 e. The van der Waals surface area contributed by atoms with Gasteiger partial charge in [0.05, 0.1) is 12.8 Å². The molecule has 1 fully saturated rings. The standard InChI is InChI=1S/C26H24BrNO2/c1-26(2)13-19-23-17-7-5-4-6-15(17)8-10-20(23)28-25(24(19)21(29)14-26)18-12-16(27)9-11-22(18)30-3/h4-12,19,28H,13-14H2,1-3H3. The van der Waals surface area contributed by atoms with Crippen LogP contribution in [0.1, 0.15) is 43.7 Å². The predicted molar refractivity (Wildman–Crippen MR) is 126 cm³/mol. The summed E-state index contributed by atoms with van der Waals surface area (Å²) in [5.74, 6) is 1.04. The fraction of sp³-hybridized carbons (Fsp3) is 0.269. The number of nitrogens with one attached hydrogen (secondary N) is 1. The first-order valence-electron chi connectivity index (χ1n) is 10.3. The van der Waals surface area contributed by atoms with Gasteiger partial charge in [-0.25, -0.2) is 0 Å². The molecule has 0 radical (unpaired) electrons. The van der Waals surface area contributed by atoms with Crippen molar-refractivity contribution >= 4 is 43.9 Å². The molecule has 0 bridgehead atoms. The average Bonchev–Trinajstić information content (AvgIpc) is 2.71. The van der Waals surface area contributed by atoms with Crippen LogP contribution in [0.25, 0.3) is 16.5 Å². The van der Waals surface area contributed by atoms with Gasteiger partial charge in [-0.15, -0.1) is 0 Å². The van der Waals surface area contributed by atoms with Crippen molar-refractivity contribution in [2.45, 2.75) is 32.6 Å². The first-order valence-corrected chi connectivity index (χ1v) is 11.1. The molecule has 1 atom stereocenters. The van der Waals surface area contributed by atoms with Crippen LogP contribution >= 0.6 is 15.9 Å². The quantitative estimate of drug-likeness (QED) is 0.449. The van der Waals surface area contributed by atoms with Crippen LogP contribution in [-0.2, 0) is 4.79 Å². The number of benzene rings is 3. The fourth-order valence-corrected chi connectivity index (χ4v) is 5.44. The van der Waals surface area contributed by atoms with Crippen LogP contribution < -0.4 is 10.1 Å². The Bertz CT molecular complexity index is 1220. The summed E-state index contributed by atoms with van der Waals surface area (Å²) in [7, 11) is 1.67. The van der Waals surface area contributed by atoms with Gasteiger partial charge in [-0.1, -0.05) is 60.1 Å². The zero-order valence-electron chi connectivity index (χ0n) is 17.4. The summed E-state index contributed by atoms with van der Waals surface area (Å²) >= 11 is 3.59. The molecule has 1 aliphatic heterocycles. The van der Waals surface area contributed by atoms with Gasteiger partial charge in [0.25, 0.3) is 0 Å². The van der Waals surface area contributed by atoms with E-state index < -0.39 is 0 Å². The van der Waals surface area contributed by atoms with Crippen molar-refractivity contribution < 1.29 is 9.53 Å². The third-order valence-corrected chi connectivity index (χ3v) is 6.82. The van der Waals surface area contributed by atoms with Crippen molar-refractivity contribution in [2.75, 3.05) is 12.4 Å². The van der Waals surface area contributed by atoms with Gasteiger partial charge < -0.3 is 10.1 Å². The highest BCUT2D eigenvalue weighted by Gasteiger charge is 2.43. The molecule has 0 saturated heterocycles. The van der Waals surface area contributed by atoms with Gasteiger partial charge in [0.15, 0.2) is 5.78 Å². The lowest BCUT2D eigenvalue weighted by Crippen LogP contribution is -2.34. The monoisotopic (exact) mass is 461 g/mol.